The predicted octanol–water partition coefficient (Wildman–Crippen LogP) is 1.64. The Bertz CT molecular complexity index is 409. The summed E-state index contributed by atoms with van der Waals surface area (Å²) in [6.07, 6.45) is 5.27. The van der Waals surface area contributed by atoms with Gasteiger partial charge in [0.15, 0.2) is 0 Å². The van der Waals surface area contributed by atoms with E-state index in [9.17, 15) is 0 Å². The van der Waals surface area contributed by atoms with Crippen LogP contribution in [0.4, 0.5) is 0 Å². The third-order valence-electron chi connectivity index (χ3n) is 2.17. The molecule has 1 rings (SSSR count). The fourth-order valence-corrected chi connectivity index (χ4v) is 1.32. The number of aliphatic hydroxyl groups is 1. The maximum absolute atomic E-state index is 9.01. The highest BCUT2D eigenvalue weighted by Gasteiger charge is 2.11. The van der Waals surface area contributed by atoms with Crippen molar-refractivity contribution in [3.8, 4) is 18.4 Å². The van der Waals surface area contributed by atoms with Crippen LogP contribution in [0.3, 0.4) is 0 Å². The van der Waals surface area contributed by atoms with E-state index in [-0.39, 0.29) is 12.5 Å². The number of hydrogen-bond donors (Lipinski definition) is 1. The molecule has 2 nitrogen and oxygen atoms in total. The second-order valence-corrected chi connectivity index (χ2v) is 3.11. The molecule has 0 radical (unpaired) electrons. The molecule has 0 fully saturated rings. The largest absolute Gasteiger partial charge is 0.396 e. The summed E-state index contributed by atoms with van der Waals surface area (Å²) in [5.41, 5.74) is 1.90. The Hall–Kier alpha value is -1.77. The third kappa shape index (κ3) is 1.76. The number of nitriles is 1. The molecule has 0 aliphatic heterocycles. The van der Waals surface area contributed by atoms with Crippen molar-refractivity contribution in [2.24, 2.45) is 0 Å². The standard InChI is InChI=1S/C12H11NO/c1-3-10-5-4-6-11(9(2)8-14)12(10)7-13/h1,4-6,9,14H,8H2,2H3. The van der Waals surface area contributed by atoms with Crippen LogP contribution in [0, 0.1) is 23.7 Å². The molecule has 14 heavy (non-hydrogen) atoms. The van der Waals surface area contributed by atoms with Gasteiger partial charge in [-0.3, -0.25) is 0 Å². The molecule has 0 saturated heterocycles. The van der Waals surface area contributed by atoms with Crippen LogP contribution in [0.25, 0.3) is 0 Å². The maximum Gasteiger partial charge on any atom is 0.101 e. The van der Waals surface area contributed by atoms with Crippen molar-refractivity contribution >= 4 is 0 Å². The summed E-state index contributed by atoms with van der Waals surface area (Å²) in [5, 5.41) is 18.0. The molecule has 0 aliphatic rings. The van der Waals surface area contributed by atoms with Gasteiger partial charge in [-0.05, 0) is 11.6 Å². The van der Waals surface area contributed by atoms with Crippen LogP contribution in [0.1, 0.15) is 29.5 Å². The van der Waals surface area contributed by atoms with E-state index >= 15 is 0 Å². The highest BCUT2D eigenvalue weighted by atomic mass is 16.3. The minimum absolute atomic E-state index is 0.0166. The lowest BCUT2D eigenvalue weighted by atomic mass is 9.93. The Balaban J connectivity index is 3.33. The average molecular weight is 185 g/mol. The van der Waals surface area contributed by atoms with Gasteiger partial charge < -0.3 is 5.11 Å². The molecule has 2 heteroatoms. The Kier molecular flexibility index (Phi) is 3.29. The Morgan fingerprint density at radius 3 is 2.79 bits per heavy atom. The van der Waals surface area contributed by atoms with E-state index in [0.717, 1.165) is 5.56 Å². The molecule has 0 aromatic heterocycles. The van der Waals surface area contributed by atoms with E-state index in [0.29, 0.717) is 11.1 Å². The number of terminal acetylenes is 1. The lowest BCUT2D eigenvalue weighted by molar-refractivity contribution is 0.273. The molecule has 0 amide bonds. The minimum Gasteiger partial charge on any atom is -0.396 e. The van der Waals surface area contributed by atoms with E-state index in [1.165, 1.54) is 0 Å². The lowest BCUT2D eigenvalue weighted by Gasteiger charge is -2.10. The van der Waals surface area contributed by atoms with Crippen LogP contribution in [-0.4, -0.2) is 11.7 Å². The monoisotopic (exact) mass is 185 g/mol. The first kappa shape index (κ1) is 10.3. The quantitative estimate of drug-likeness (QED) is 0.712. The molecule has 0 bridgehead atoms. The van der Waals surface area contributed by atoms with Crippen LogP contribution in [0.5, 0.6) is 0 Å². The van der Waals surface area contributed by atoms with Crippen molar-refractivity contribution in [2.75, 3.05) is 6.61 Å². The second-order valence-electron chi connectivity index (χ2n) is 3.11. The molecular weight excluding hydrogens is 174 g/mol. The molecule has 0 spiro atoms. The normalized spacial score (nSPS) is 11.4. The Morgan fingerprint density at radius 2 is 2.29 bits per heavy atom. The highest BCUT2D eigenvalue weighted by molar-refractivity contribution is 5.52. The summed E-state index contributed by atoms with van der Waals surface area (Å²) in [7, 11) is 0. The summed E-state index contributed by atoms with van der Waals surface area (Å²) >= 11 is 0. The zero-order valence-corrected chi connectivity index (χ0v) is 7.99. The first-order valence-corrected chi connectivity index (χ1v) is 4.35. The van der Waals surface area contributed by atoms with Gasteiger partial charge in [-0.25, -0.2) is 0 Å². The molecule has 1 aromatic carbocycles. The van der Waals surface area contributed by atoms with Crippen molar-refractivity contribution in [2.45, 2.75) is 12.8 Å². The van der Waals surface area contributed by atoms with Gasteiger partial charge in [0.05, 0.1) is 5.56 Å². The van der Waals surface area contributed by atoms with Gasteiger partial charge in [0, 0.05) is 18.1 Å². The smallest absolute Gasteiger partial charge is 0.101 e. The van der Waals surface area contributed by atoms with Crippen LogP contribution in [-0.2, 0) is 0 Å². The SMILES string of the molecule is C#Cc1cccc(C(C)CO)c1C#N. The van der Waals surface area contributed by atoms with Gasteiger partial charge >= 0.3 is 0 Å². The molecule has 1 N–H and O–H groups in total. The first-order chi connectivity index (χ1) is 6.74. The summed E-state index contributed by atoms with van der Waals surface area (Å²) in [6, 6.07) is 7.43. The third-order valence-corrected chi connectivity index (χ3v) is 2.17. The molecule has 1 aromatic rings. The van der Waals surface area contributed by atoms with Gasteiger partial charge in [-0.15, -0.1) is 6.42 Å². The van der Waals surface area contributed by atoms with Crippen molar-refractivity contribution in [1.82, 2.24) is 0 Å². The van der Waals surface area contributed by atoms with Gasteiger partial charge in [0.25, 0.3) is 0 Å². The number of nitrogens with zero attached hydrogens (tertiary/aromatic N) is 1. The van der Waals surface area contributed by atoms with Gasteiger partial charge in [0.2, 0.25) is 0 Å². The fraction of sp³-hybridized carbons (Fsp3) is 0.250. The molecule has 1 unspecified atom stereocenters. The Morgan fingerprint density at radius 1 is 1.57 bits per heavy atom. The topological polar surface area (TPSA) is 44.0 Å². The summed E-state index contributed by atoms with van der Waals surface area (Å²) < 4.78 is 0. The van der Waals surface area contributed by atoms with Crippen molar-refractivity contribution in [3.05, 3.63) is 34.9 Å². The van der Waals surface area contributed by atoms with Crippen LogP contribution >= 0.6 is 0 Å². The van der Waals surface area contributed by atoms with E-state index < -0.39 is 0 Å². The van der Waals surface area contributed by atoms with Crippen LogP contribution in [0.2, 0.25) is 0 Å². The van der Waals surface area contributed by atoms with Crippen molar-refractivity contribution in [1.29, 1.82) is 5.26 Å². The summed E-state index contributed by atoms with van der Waals surface area (Å²) in [5.74, 6) is 2.40. The second kappa shape index (κ2) is 4.46. The number of hydrogen-bond acceptors (Lipinski definition) is 2. The lowest BCUT2D eigenvalue weighted by Crippen LogP contribution is -2.03. The van der Waals surface area contributed by atoms with Gasteiger partial charge in [0.1, 0.15) is 6.07 Å². The minimum atomic E-state index is -0.0575. The average Bonchev–Trinajstić information content (AvgIpc) is 2.26. The van der Waals surface area contributed by atoms with Gasteiger partial charge in [-0.1, -0.05) is 25.0 Å². The highest BCUT2D eigenvalue weighted by Crippen LogP contribution is 2.21. The number of rotatable bonds is 2. The van der Waals surface area contributed by atoms with Crippen molar-refractivity contribution < 1.29 is 5.11 Å². The fourth-order valence-electron chi connectivity index (χ4n) is 1.32. The van der Waals surface area contributed by atoms with Crippen molar-refractivity contribution in [3.63, 3.8) is 0 Å². The number of aliphatic hydroxyl groups excluding tert-OH is 1. The zero-order chi connectivity index (χ0) is 10.6. The van der Waals surface area contributed by atoms with E-state index in [1.807, 2.05) is 13.0 Å². The summed E-state index contributed by atoms with van der Waals surface area (Å²) in [6.45, 7) is 1.87. The molecule has 1 atom stereocenters. The van der Waals surface area contributed by atoms with E-state index in [4.69, 9.17) is 16.8 Å². The van der Waals surface area contributed by atoms with E-state index in [1.54, 1.807) is 12.1 Å². The molecule has 0 heterocycles. The summed E-state index contributed by atoms with van der Waals surface area (Å²) in [4.78, 5) is 0. The zero-order valence-electron chi connectivity index (χ0n) is 7.99. The first-order valence-electron chi connectivity index (χ1n) is 4.35. The van der Waals surface area contributed by atoms with Crippen LogP contribution in [0.15, 0.2) is 18.2 Å². The maximum atomic E-state index is 9.01. The molecule has 0 saturated carbocycles. The van der Waals surface area contributed by atoms with Crippen LogP contribution < -0.4 is 0 Å². The van der Waals surface area contributed by atoms with E-state index in [2.05, 4.69) is 12.0 Å². The number of benzene rings is 1. The predicted molar refractivity (Wildman–Crippen MR) is 54.6 cm³/mol. The molecule has 0 aliphatic carbocycles. The molecule has 70 valence electrons. The Labute approximate surface area is 83.8 Å². The van der Waals surface area contributed by atoms with Gasteiger partial charge in [-0.2, -0.15) is 5.26 Å². The molecular formula is C12H11NO.